The highest BCUT2D eigenvalue weighted by atomic mass is 35.5. The Kier molecular flexibility index (Phi) is 3.69. The average molecular weight is 323 g/mol. The van der Waals surface area contributed by atoms with E-state index in [9.17, 15) is 9.59 Å². The summed E-state index contributed by atoms with van der Waals surface area (Å²) in [7, 11) is 0. The first kappa shape index (κ1) is 14.1. The molecule has 0 fully saturated rings. The van der Waals surface area contributed by atoms with Gasteiger partial charge in [0.15, 0.2) is 5.78 Å². The van der Waals surface area contributed by atoms with Crippen molar-refractivity contribution in [1.29, 1.82) is 0 Å². The maximum absolute atomic E-state index is 12.3. The number of thioether (sulfide) groups is 1. The molecule has 1 aliphatic heterocycles. The van der Waals surface area contributed by atoms with Crippen LogP contribution in [-0.4, -0.2) is 32.6 Å². The van der Waals surface area contributed by atoms with E-state index in [1.807, 2.05) is 0 Å². The minimum Gasteiger partial charge on any atom is -0.325 e. The molecule has 6 nitrogen and oxygen atoms in total. The Balaban J connectivity index is 1.76. The van der Waals surface area contributed by atoms with Gasteiger partial charge >= 0.3 is 0 Å². The molecule has 108 valence electrons. The number of hydrogen-bond donors (Lipinski definition) is 2. The molecular formula is C13H11ClN4O2S. The fourth-order valence-electron chi connectivity index (χ4n) is 2.06. The highest BCUT2D eigenvalue weighted by Gasteiger charge is 2.22. The molecule has 3 rings (SSSR count). The van der Waals surface area contributed by atoms with E-state index in [0.29, 0.717) is 27.3 Å². The third-order valence-electron chi connectivity index (χ3n) is 3.03. The van der Waals surface area contributed by atoms with Gasteiger partial charge in [-0.25, -0.2) is 4.98 Å². The Hall–Kier alpha value is -1.86. The van der Waals surface area contributed by atoms with Gasteiger partial charge in [-0.3, -0.25) is 14.7 Å². The number of hydrogen-bond acceptors (Lipinski definition) is 5. The quantitative estimate of drug-likeness (QED) is 0.665. The normalized spacial score (nSPS) is 13.1. The van der Waals surface area contributed by atoms with E-state index < -0.39 is 0 Å². The first-order chi connectivity index (χ1) is 10.0. The van der Waals surface area contributed by atoms with E-state index in [1.54, 1.807) is 19.1 Å². The lowest BCUT2D eigenvalue weighted by Crippen LogP contribution is -2.04. The Morgan fingerprint density at radius 1 is 1.48 bits per heavy atom. The van der Waals surface area contributed by atoms with Crippen LogP contribution in [0, 0.1) is 6.92 Å². The SMILES string of the molecule is Cc1nc(SCC(=O)c2cc3c(cc2Cl)NC(=O)C3)n[nH]1. The minimum atomic E-state index is -0.116. The van der Waals surface area contributed by atoms with E-state index in [0.717, 1.165) is 5.56 Å². The summed E-state index contributed by atoms with van der Waals surface area (Å²) in [6.07, 6.45) is 0.278. The van der Waals surface area contributed by atoms with Crippen molar-refractivity contribution in [2.45, 2.75) is 18.5 Å². The first-order valence-corrected chi connectivity index (χ1v) is 7.56. The number of aryl methyl sites for hydroxylation is 1. The van der Waals surface area contributed by atoms with Gasteiger partial charge in [0.1, 0.15) is 5.82 Å². The smallest absolute Gasteiger partial charge is 0.228 e. The van der Waals surface area contributed by atoms with E-state index in [4.69, 9.17) is 11.6 Å². The number of amides is 1. The van der Waals surface area contributed by atoms with Crippen LogP contribution in [0.2, 0.25) is 5.02 Å². The predicted molar refractivity (Wildman–Crippen MR) is 80.0 cm³/mol. The summed E-state index contributed by atoms with van der Waals surface area (Å²) < 4.78 is 0. The van der Waals surface area contributed by atoms with Crippen LogP contribution in [-0.2, 0) is 11.2 Å². The van der Waals surface area contributed by atoms with Crippen molar-refractivity contribution in [3.63, 3.8) is 0 Å². The lowest BCUT2D eigenvalue weighted by Gasteiger charge is -2.06. The maximum atomic E-state index is 12.3. The molecule has 2 N–H and O–H groups in total. The Morgan fingerprint density at radius 3 is 3.00 bits per heavy atom. The number of ketones is 1. The molecule has 1 aliphatic rings. The molecule has 0 bridgehead atoms. The highest BCUT2D eigenvalue weighted by molar-refractivity contribution is 7.99. The Labute approximate surface area is 129 Å². The van der Waals surface area contributed by atoms with Crippen molar-refractivity contribution in [2.75, 3.05) is 11.1 Å². The first-order valence-electron chi connectivity index (χ1n) is 6.20. The standard InChI is InChI=1S/C13H11ClN4O2S/c1-6-15-13(18-17-6)21-5-11(19)8-2-7-3-12(20)16-10(7)4-9(8)14/h2,4H,3,5H2,1H3,(H,16,20)(H,15,17,18). The number of rotatable bonds is 4. The lowest BCUT2D eigenvalue weighted by atomic mass is 10.1. The fraction of sp³-hybridized carbons (Fsp3) is 0.231. The summed E-state index contributed by atoms with van der Waals surface area (Å²) in [5.74, 6) is 0.688. The number of nitrogens with zero attached hydrogens (tertiary/aromatic N) is 2. The number of carbonyl (C=O) groups excluding carboxylic acids is 2. The summed E-state index contributed by atoms with van der Waals surface area (Å²) in [5, 5.41) is 10.2. The van der Waals surface area contributed by atoms with Gasteiger partial charge < -0.3 is 5.32 Å². The summed E-state index contributed by atoms with van der Waals surface area (Å²) >= 11 is 7.36. The number of aromatic amines is 1. The van der Waals surface area contributed by atoms with Gasteiger partial charge in [-0.05, 0) is 24.6 Å². The van der Waals surface area contributed by atoms with E-state index in [-0.39, 0.29) is 23.9 Å². The molecule has 0 aliphatic carbocycles. The van der Waals surface area contributed by atoms with E-state index in [1.165, 1.54) is 11.8 Å². The molecule has 1 aromatic carbocycles. The summed E-state index contributed by atoms with van der Waals surface area (Å²) in [6.45, 7) is 1.79. The van der Waals surface area contributed by atoms with Crippen LogP contribution in [0.15, 0.2) is 17.3 Å². The summed E-state index contributed by atoms with van der Waals surface area (Å²) in [6, 6.07) is 3.30. The van der Waals surface area contributed by atoms with Crippen molar-refractivity contribution in [3.8, 4) is 0 Å². The van der Waals surface area contributed by atoms with Crippen molar-refractivity contribution in [2.24, 2.45) is 0 Å². The zero-order valence-corrected chi connectivity index (χ0v) is 12.6. The zero-order chi connectivity index (χ0) is 15.0. The number of Topliss-reactive ketones (excluding diaryl/α,β-unsaturated/α-hetero) is 1. The summed E-state index contributed by atoms with van der Waals surface area (Å²) in [4.78, 5) is 27.7. The molecule has 0 atom stereocenters. The van der Waals surface area contributed by atoms with Crippen molar-refractivity contribution in [3.05, 3.63) is 34.1 Å². The molecule has 21 heavy (non-hydrogen) atoms. The third-order valence-corrected chi connectivity index (χ3v) is 4.19. The number of H-pyrrole nitrogens is 1. The van der Waals surface area contributed by atoms with Gasteiger partial charge in [-0.1, -0.05) is 23.4 Å². The van der Waals surface area contributed by atoms with Crippen LogP contribution in [0.3, 0.4) is 0 Å². The second-order valence-electron chi connectivity index (χ2n) is 4.63. The van der Waals surface area contributed by atoms with Crippen LogP contribution in [0.1, 0.15) is 21.7 Å². The van der Waals surface area contributed by atoms with Gasteiger partial charge in [-0.15, -0.1) is 5.10 Å². The molecule has 1 aromatic heterocycles. The monoisotopic (exact) mass is 322 g/mol. The second-order valence-corrected chi connectivity index (χ2v) is 5.98. The highest BCUT2D eigenvalue weighted by Crippen LogP contribution is 2.30. The molecule has 0 radical (unpaired) electrons. The van der Waals surface area contributed by atoms with Gasteiger partial charge in [0, 0.05) is 11.3 Å². The number of halogens is 1. The van der Waals surface area contributed by atoms with E-state index in [2.05, 4.69) is 20.5 Å². The maximum Gasteiger partial charge on any atom is 0.228 e. The molecular weight excluding hydrogens is 312 g/mol. The molecule has 2 heterocycles. The minimum absolute atomic E-state index is 0.0868. The number of fused-ring (bicyclic) bond motifs is 1. The molecule has 0 unspecified atom stereocenters. The van der Waals surface area contributed by atoms with Crippen LogP contribution in [0.25, 0.3) is 0 Å². The fourth-order valence-corrected chi connectivity index (χ4v) is 3.05. The van der Waals surface area contributed by atoms with Gasteiger partial charge in [0.25, 0.3) is 0 Å². The Morgan fingerprint density at radius 2 is 2.29 bits per heavy atom. The van der Waals surface area contributed by atoms with Gasteiger partial charge in [0.05, 0.1) is 17.2 Å². The molecule has 8 heteroatoms. The lowest BCUT2D eigenvalue weighted by molar-refractivity contribution is -0.115. The molecule has 0 saturated carbocycles. The third kappa shape index (κ3) is 2.93. The topological polar surface area (TPSA) is 87.7 Å². The van der Waals surface area contributed by atoms with Crippen molar-refractivity contribution < 1.29 is 9.59 Å². The average Bonchev–Trinajstić information content (AvgIpc) is 2.99. The molecule has 1 amide bonds. The second kappa shape index (κ2) is 5.50. The van der Waals surface area contributed by atoms with Crippen molar-refractivity contribution >= 4 is 40.7 Å². The Bertz CT molecular complexity index is 744. The predicted octanol–water partition coefficient (Wildman–Crippen LogP) is 2.24. The zero-order valence-electron chi connectivity index (χ0n) is 11.1. The van der Waals surface area contributed by atoms with Gasteiger partial charge in [-0.2, -0.15) is 0 Å². The van der Waals surface area contributed by atoms with Crippen LogP contribution in [0.5, 0.6) is 0 Å². The number of carbonyl (C=O) groups is 2. The largest absolute Gasteiger partial charge is 0.325 e. The number of anilines is 1. The number of nitrogens with one attached hydrogen (secondary N) is 2. The molecule has 0 spiro atoms. The van der Waals surface area contributed by atoms with Crippen LogP contribution in [0.4, 0.5) is 5.69 Å². The van der Waals surface area contributed by atoms with Crippen LogP contribution < -0.4 is 5.32 Å². The summed E-state index contributed by atoms with van der Waals surface area (Å²) in [5.41, 5.74) is 1.90. The number of benzene rings is 1. The van der Waals surface area contributed by atoms with Crippen LogP contribution >= 0.6 is 23.4 Å². The number of aromatic nitrogens is 3. The van der Waals surface area contributed by atoms with E-state index >= 15 is 0 Å². The van der Waals surface area contributed by atoms with Crippen molar-refractivity contribution in [1.82, 2.24) is 15.2 Å². The molecule has 2 aromatic rings. The molecule has 0 saturated heterocycles. The van der Waals surface area contributed by atoms with Gasteiger partial charge in [0.2, 0.25) is 11.1 Å².